The molecule has 1 aliphatic heterocycles. The molecule has 4 heterocycles. The summed E-state index contributed by atoms with van der Waals surface area (Å²) in [6.07, 6.45) is 9.24. The number of rotatable bonds is 5. The number of pyridine rings is 2. The summed E-state index contributed by atoms with van der Waals surface area (Å²) in [5.74, 6) is 0.639. The number of nitrogens with one attached hydrogen (secondary N) is 1. The largest absolute Gasteiger partial charge is 0.474 e. The molecule has 1 saturated heterocycles. The molecule has 1 aromatic carbocycles. The Morgan fingerprint density at radius 2 is 1.71 bits per heavy atom. The molecule has 0 spiro atoms. The first-order chi connectivity index (χ1) is 18.3. The molecule has 1 N–H and O–H groups in total. The number of likely N-dealkylation sites (tertiary alicyclic amines) is 1. The number of piperidine rings is 1. The van der Waals surface area contributed by atoms with Crippen LogP contribution in [0.4, 0.5) is 4.79 Å². The molecule has 0 atom stereocenters. The molecule has 0 unspecified atom stereocenters. The van der Waals surface area contributed by atoms with E-state index in [2.05, 4.69) is 39.2 Å². The molecule has 3 aromatic heterocycles. The van der Waals surface area contributed by atoms with Crippen molar-refractivity contribution in [1.29, 1.82) is 0 Å². The van der Waals surface area contributed by atoms with Crippen molar-refractivity contribution < 1.29 is 19.0 Å². The summed E-state index contributed by atoms with van der Waals surface area (Å²) in [6.45, 7) is 7.02. The molecule has 38 heavy (non-hydrogen) atoms. The van der Waals surface area contributed by atoms with Crippen LogP contribution in [0, 0.1) is 0 Å². The maximum Gasteiger partial charge on any atom is 0.410 e. The normalized spacial score (nSPS) is 20.4. The van der Waals surface area contributed by atoms with Gasteiger partial charge in [-0.2, -0.15) is 0 Å². The second-order valence-corrected chi connectivity index (χ2v) is 11.3. The first kappa shape index (κ1) is 24.7. The van der Waals surface area contributed by atoms with Gasteiger partial charge < -0.3 is 24.1 Å². The Hall–Kier alpha value is -3.65. The van der Waals surface area contributed by atoms with Gasteiger partial charge in [-0.25, -0.2) is 9.78 Å². The molecule has 1 saturated carbocycles. The van der Waals surface area contributed by atoms with E-state index < -0.39 is 5.60 Å². The number of hydrogen-bond acceptors (Lipinski definition) is 6. The Morgan fingerprint density at radius 3 is 2.45 bits per heavy atom. The van der Waals surface area contributed by atoms with Crippen molar-refractivity contribution >= 4 is 27.9 Å². The highest BCUT2D eigenvalue weighted by Crippen LogP contribution is 2.32. The van der Waals surface area contributed by atoms with Crippen LogP contribution in [0.3, 0.4) is 0 Å². The lowest BCUT2D eigenvalue weighted by Crippen LogP contribution is -2.46. The quantitative estimate of drug-likeness (QED) is 0.346. The zero-order valence-electron chi connectivity index (χ0n) is 22.1. The third-order valence-corrected chi connectivity index (χ3v) is 7.29. The molecular formula is C30H34N4O4. The van der Waals surface area contributed by atoms with Crippen molar-refractivity contribution in [1.82, 2.24) is 19.9 Å². The van der Waals surface area contributed by atoms with E-state index >= 15 is 0 Å². The van der Waals surface area contributed by atoms with Crippen LogP contribution in [0.15, 0.2) is 55.0 Å². The van der Waals surface area contributed by atoms with E-state index in [4.69, 9.17) is 14.2 Å². The van der Waals surface area contributed by atoms with Gasteiger partial charge in [0, 0.05) is 78.0 Å². The predicted molar refractivity (Wildman–Crippen MR) is 146 cm³/mol. The van der Waals surface area contributed by atoms with Crippen LogP contribution in [-0.4, -0.2) is 62.9 Å². The van der Waals surface area contributed by atoms with Crippen molar-refractivity contribution in [2.75, 3.05) is 13.1 Å². The van der Waals surface area contributed by atoms with Crippen molar-refractivity contribution in [3.05, 3.63) is 55.0 Å². The average Bonchev–Trinajstić information content (AvgIpc) is 3.25. The van der Waals surface area contributed by atoms with E-state index in [9.17, 15) is 4.79 Å². The molecule has 1 amide bonds. The molecule has 8 nitrogen and oxygen atoms in total. The van der Waals surface area contributed by atoms with Gasteiger partial charge in [0.2, 0.25) is 5.88 Å². The van der Waals surface area contributed by atoms with E-state index in [1.54, 1.807) is 11.1 Å². The molecule has 0 radical (unpaired) electrons. The standard InChI is InChI=1S/C30H34N4O4/c1-30(2,3)38-29(35)34-12-9-21(10-13-34)36-22-15-23(16-22)37-28-7-5-20(17-32-28)19-4-6-24-25-18-31-11-8-26(25)33-27(24)14-19/h4-8,11,14,17-18,21-23,33H,9-10,12-13,15-16H2,1-3H3. The van der Waals surface area contributed by atoms with Crippen LogP contribution < -0.4 is 4.74 Å². The van der Waals surface area contributed by atoms with E-state index in [0.29, 0.717) is 19.0 Å². The number of carbonyl (C=O) groups is 1. The first-order valence-electron chi connectivity index (χ1n) is 13.4. The number of carbonyl (C=O) groups excluding carboxylic acids is 1. The minimum absolute atomic E-state index is 0.122. The monoisotopic (exact) mass is 514 g/mol. The van der Waals surface area contributed by atoms with E-state index in [0.717, 1.165) is 53.2 Å². The molecular weight excluding hydrogens is 480 g/mol. The zero-order valence-corrected chi connectivity index (χ0v) is 22.1. The number of aromatic amines is 1. The Kier molecular flexibility index (Phi) is 6.43. The maximum absolute atomic E-state index is 12.3. The van der Waals surface area contributed by atoms with Crippen LogP contribution in [0.2, 0.25) is 0 Å². The lowest BCUT2D eigenvalue weighted by Gasteiger charge is -2.39. The van der Waals surface area contributed by atoms with Crippen LogP contribution in [0.5, 0.6) is 5.88 Å². The summed E-state index contributed by atoms with van der Waals surface area (Å²) in [6, 6.07) is 12.4. The number of ether oxygens (including phenoxy) is 3. The van der Waals surface area contributed by atoms with Gasteiger partial charge in [0.05, 0.1) is 12.2 Å². The summed E-state index contributed by atoms with van der Waals surface area (Å²) in [5, 5.41) is 2.30. The smallest absolute Gasteiger partial charge is 0.410 e. The van der Waals surface area contributed by atoms with Crippen molar-refractivity contribution in [2.45, 2.75) is 70.4 Å². The van der Waals surface area contributed by atoms with Crippen LogP contribution >= 0.6 is 0 Å². The van der Waals surface area contributed by atoms with Crippen LogP contribution in [0.1, 0.15) is 46.5 Å². The molecule has 2 aliphatic rings. The summed E-state index contributed by atoms with van der Waals surface area (Å²) in [4.78, 5) is 26.3. The first-order valence-corrected chi connectivity index (χ1v) is 13.4. The van der Waals surface area contributed by atoms with E-state index in [1.165, 1.54) is 5.39 Å². The summed E-state index contributed by atoms with van der Waals surface area (Å²) < 4.78 is 17.8. The minimum Gasteiger partial charge on any atom is -0.474 e. The summed E-state index contributed by atoms with van der Waals surface area (Å²) in [5.41, 5.74) is 3.85. The van der Waals surface area contributed by atoms with Gasteiger partial charge in [0.1, 0.15) is 11.7 Å². The number of nitrogens with zero attached hydrogens (tertiary/aromatic N) is 3. The van der Waals surface area contributed by atoms with Crippen molar-refractivity contribution in [3.63, 3.8) is 0 Å². The molecule has 1 aliphatic carbocycles. The fraction of sp³-hybridized carbons (Fsp3) is 0.433. The second-order valence-electron chi connectivity index (χ2n) is 11.3. The zero-order chi connectivity index (χ0) is 26.3. The van der Waals surface area contributed by atoms with Gasteiger partial charge in [0.25, 0.3) is 0 Å². The number of H-pyrrole nitrogens is 1. The lowest BCUT2D eigenvalue weighted by molar-refractivity contribution is -0.110. The molecule has 198 valence electrons. The van der Waals surface area contributed by atoms with Crippen LogP contribution in [-0.2, 0) is 9.47 Å². The summed E-state index contributed by atoms with van der Waals surface area (Å²) >= 11 is 0. The second kappa shape index (κ2) is 9.91. The molecule has 8 heteroatoms. The number of aromatic nitrogens is 3. The fourth-order valence-corrected chi connectivity index (χ4v) is 5.21. The Balaban J connectivity index is 0.974. The van der Waals surface area contributed by atoms with Gasteiger partial charge in [-0.1, -0.05) is 12.1 Å². The van der Waals surface area contributed by atoms with E-state index in [1.807, 2.05) is 45.3 Å². The lowest BCUT2D eigenvalue weighted by atomic mass is 9.91. The van der Waals surface area contributed by atoms with Crippen LogP contribution in [0.25, 0.3) is 32.9 Å². The minimum atomic E-state index is -0.467. The Bertz CT molecular complexity index is 1430. The Labute approximate surface area is 222 Å². The topological polar surface area (TPSA) is 89.6 Å². The highest BCUT2D eigenvalue weighted by molar-refractivity contribution is 6.07. The molecule has 0 bridgehead atoms. The van der Waals surface area contributed by atoms with E-state index in [-0.39, 0.29) is 24.4 Å². The third kappa shape index (κ3) is 5.31. The maximum atomic E-state index is 12.3. The highest BCUT2D eigenvalue weighted by Gasteiger charge is 2.35. The number of hydrogen-bond donors (Lipinski definition) is 1. The fourth-order valence-electron chi connectivity index (χ4n) is 5.21. The number of amides is 1. The number of benzene rings is 1. The van der Waals surface area contributed by atoms with Crippen molar-refractivity contribution in [3.8, 4) is 17.0 Å². The van der Waals surface area contributed by atoms with Gasteiger partial charge in [-0.3, -0.25) is 4.98 Å². The SMILES string of the molecule is CC(C)(C)OC(=O)N1CCC(OC2CC(Oc3ccc(-c4ccc5c(c4)[nH]c4ccncc45)cn3)C2)CC1. The predicted octanol–water partition coefficient (Wildman–Crippen LogP) is 6.10. The highest BCUT2D eigenvalue weighted by atomic mass is 16.6. The van der Waals surface area contributed by atoms with Gasteiger partial charge in [-0.05, 0) is 57.4 Å². The molecule has 4 aromatic rings. The Morgan fingerprint density at radius 1 is 0.921 bits per heavy atom. The summed E-state index contributed by atoms with van der Waals surface area (Å²) in [7, 11) is 0. The molecule has 6 rings (SSSR count). The van der Waals surface area contributed by atoms with Gasteiger partial charge >= 0.3 is 6.09 Å². The van der Waals surface area contributed by atoms with Gasteiger partial charge in [-0.15, -0.1) is 0 Å². The third-order valence-electron chi connectivity index (χ3n) is 7.29. The molecule has 2 fully saturated rings. The number of fused-ring (bicyclic) bond motifs is 3. The van der Waals surface area contributed by atoms with Crippen molar-refractivity contribution in [2.24, 2.45) is 0 Å². The van der Waals surface area contributed by atoms with Gasteiger partial charge in [0.15, 0.2) is 0 Å². The average molecular weight is 515 g/mol.